The van der Waals surface area contributed by atoms with Crippen LogP contribution in [-0.2, 0) is 4.79 Å². The van der Waals surface area contributed by atoms with Crippen LogP contribution in [0.2, 0.25) is 0 Å². The van der Waals surface area contributed by atoms with Crippen LogP contribution in [0.1, 0.15) is 26.7 Å². The van der Waals surface area contributed by atoms with Crippen molar-refractivity contribution < 1.29 is 14.7 Å². The summed E-state index contributed by atoms with van der Waals surface area (Å²) in [6.07, 6.45) is 0.157. The summed E-state index contributed by atoms with van der Waals surface area (Å²) in [5.74, 6) is 0.0236. The predicted molar refractivity (Wildman–Crippen MR) is 43.0 cm³/mol. The fraction of sp³-hybridized carbons (Fsp3) is 0.750. The second-order valence-corrected chi connectivity index (χ2v) is 3.22. The molecule has 1 heterocycles. The Kier molecular flexibility index (Phi) is 2.35. The molecule has 1 amide bonds. The summed E-state index contributed by atoms with van der Waals surface area (Å²) < 4.78 is 0. The topological polar surface area (TPSA) is 57.6 Å². The second-order valence-electron chi connectivity index (χ2n) is 3.22. The molecule has 4 nitrogen and oxygen atoms in total. The van der Waals surface area contributed by atoms with E-state index in [1.807, 2.05) is 6.92 Å². The van der Waals surface area contributed by atoms with Crippen molar-refractivity contribution in [3.8, 4) is 0 Å². The highest BCUT2D eigenvalue weighted by atomic mass is 16.4. The molecule has 0 spiro atoms. The van der Waals surface area contributed by atoms with Crippen LogP contribution < -0.4 is 0 Å². The number of carbonyl (C=O) groups excluding carboxylic acids is 1. The average molecular weight is 171 g/mol. The van der Waals surface area contributed by atoms with Crippen LogP contribution in [0, 0.1) is 0 Å². The van der Waals surface area contributed by atoms with Crippen LogP contribution in [0.25, 0.3) is 0 Å². The number of hydrogen-bond acceptors (Lipinski definition) is 2. The van der Waals surface area contributed by atoms with Crippen LogP contribution in [0.5, 0.6) is 0 Å². The zero-order valence-corrected chi connectivity index (χ0v) is 7.28. The molecule has 0 bridgehead atoms. The standard InChI is InChI=1S/C8H13NO3/c1-5-3-4-7(10)6(2)9(5)8(11)12/h5-6H,3-4H2,1-2H3,(H,11,12). The summed E-state index contributed by atoms with van der Waals surface area (Å²) >= 11 is 0. The first-order valence-electron chi connectivity index (χ1n) is 4.08. The number of piperidine rings is 1. The van der Waals surface area contributed by atoms with Crippen molar-refractivity contribution in [2.45, 2.75) is 38.8 Å². The van der Waals surface area contributed by atoms with Gasteiger partial charge in [0.2, 0.25) is 0 Å². The third-order valence-electron chi connectivity index (χ3n) is 2.39. The van der Waals surface area contributed by atoms with Gasteiger partial charge in [-0.15, -0.1) is 0 Å². The molecule has 0 aromatic heterocycles. The summed E-state index contributed by atoms with van der Waals surface area (Å²) in [5.41, 5.74) is 0. The van der Waals surface area contributed by atoms with Gasteiger partial charge in [-0.25, -0.2) is 4.79 Å². The molecule has 1 aliphatic heterocycles. The maximum Gasteiger partial charge on any atom is 0.408 e. The van der Waals surface area contributed by atoms with E-state index in [1.165, 1.54) is 4.90 Å². The van der Waals surface area contributed by atoms with Crippen LogP contribution in [0.3, 0.4) is 0 Å². The number of carboxylic acid groups (broad SMARTS) is 1. The van der Waals surface area contributed by atoms with Gasteiger partial charge in [0.15, 0.2) is 5.78 Å². The van der Waals surface area contributed by atoms with Gasteiger partial charge < -0.3 is 5.11 Å². The molecule has 1 aliphatic rings. The summed E-state index contributed by atoms with van der Waals surface area (Å²) in [6.45, 7) is 3.48. The van der Waals surface area contributed by atoms with Gasteiger partial charge in [0.1, 0.15) is 0 Å². The van der Waals surface area contributed by atoms with Crippen molar-refractivity contribution in [2.24, 2.45) is 0 Å². The minimum Gasteiger partial charge on any atom is -0.465 e. The molecule has 0 aliphatic carbocycles. The van der Waals surface area contributed by atoms with Gasteiger partial charge in [-0.05, 0) is 20.3 Å². The minimum atomic E-state index is -0.997. The molecular weight excluding hydrogens is 158 g/mol. The number of amides is 1. The lowest BCUT2D eigenvalue weighted by Gasteiger charge is -2.35. The van der Waals surface area contributed by atoms with Crippen molar-refractivity contribution in [3.05, 3.63) is 0 Å². The van der Waals surface area contributed by atoms with Gasteiger partial charge in [0.25, 0.3) is 0 Å². The van der Waals surface area contributed by atoms with E-state index >= 15 is 0 Å². The molecule has 68 valence electrons. The van der Waals surface area contributed by atoms with Gasteiger partial charge in [-0.3, -0.25) is 9.69 Å². The Hall–Kier alpha value is -1.06. The molecule has 0 radical (unpaired) electrons. The molecule has 1 N–H and O–H groups in total. The number of hydrogen-bond donors (Lipinski definition) is 1. The highest BCUT2D eigenvalue weighted by molar-refractivity contribution is 5.88. The van der Waals surface area contributed by atoms with Crippen molar-refractivity contribution >= 4 is 11.9 Å². The van der Waals surface area contributed by atoms with Gasteiger partial charge in [-0.2, -0.15) is 0 Å². The summed E-state index contributed by atoms with van der Waals surface area (Å²) in [4.78, 5) is 23.1. The molecule has 1 saturated heterocycles. The van der Waals surface area contributed by atoms with Crippen molar-refractivity contribution in [1.82, 2.24) is 4.90 Å². The highest BCUT2D eigenvalue weighted by Crippen LogP contribution is 2.19. The Bertz CT molecular complexity index is 214. The van der Waals surface area contributed by atoms with Gasteiger partial charge in [-0.1, -0.05) is 0 Å². The second kappa shape index (κ2) is 3.13. The van der Waals surface area contributed by atoms with Gasteiger partial charge in [0, 0.05) is 12.5 Å². The molecule has 4 heteroatoms. The Morgan fingerprint density at radius 3 is 2.58 bits per heavy atom. The average Bonchev–Trinajstić information content (AvgIpc) is 1.97. The molecule has 2 atom stereocenters. The summed E-state index contributed by atoms with van der Waals surface area (Å²) in [6, 6.07) is -0.499. The third-order valence-corrected chi connectivity index (χ3v) is 2.39. The SMILES string of the molecule is CC1CCC(=O)C(C)N1C(=O)O. The lowest BCUT2D eigenvalue weighted by Crippen LogP contribution is -2.51. The molecule has 0 aromatic carbocycles. The first-order valence-corrected chi connectivity index (χ1v) is 4.08. The maximum atomic E-state index is 11.1. The summed E-state index contributed by atoms with van der Waals surface area (Å²) in [7, 11) is 0. The fourth-order valence-corrected chi connectivity index (χ4v) is 1.59. The van der Waals surface area contributed by atoms with E-state index < -0.39 is 12.1 Å². The van der Waals surface area contributed by atoms with E-state index in [0.29, 0.717) is 12.8 Å². The molecule has 0 aromatic rings. The van der Waals surface area contributed by atoms with Crippen LogP contribution in [-0.4, -0.2) is 34.0 Å². The molecule has 0 saturated carbocycles. The van der Waals surface area contributed by atoms with Crippen LogP contribution in [0.4, 0.5) is 4.79 Å². The molecule has 12 heavy (non-hydrogen) atoms. The molecule has 1 fully saturated rings. The number of carbonyl (C=O) groups is 2. The van der Waals surface area contributed by atoms with E-state index in [-0.39, 0.29) is 11.8 Å². The van der Waals surface area contributed by atoms with E-state index in [4.69, 9.17) is 5.11 Å². The Morgan fingerprint density at radius 1 is 1.58 bits per heavy atom. The number of nitrogens with zero attached hydrogens (tertiary/aromatic N) is 1. The number of Topliss-reactive ketones (excluding diaryl/α,β-unsaturated/α-hetero) is 1. The maximum absolute atomic E-state index is 11.1. The zero-order chi connectivity index (χ0) is 9.30. The van der Waals surface area contributed by atoms with Crippen LogP contribution in [0.15, 0.2) is 0 Å². The molecule has 2 unspecified atom stereocenters. The van der Waals surface area contributed by atoms with E-state index in [9.17, 15) is 9.59 Å². The molecule has 1 rings (SSSR count). The third kappa shape index (κ3) is 1.42. The van der Waals surface area contributed by atoms with Crippen molar-refractivity contribution in [2.75, 3.05) is 0 Å². The largest absolute Gasteiger partial charge is 0.465 e. The van der Waals surface area contributed by atoms with Gasteiger partial charge >= 0.3 is 6.09 Å². The first-order chi connectivity index (χ1) is 5.54. The Morgan fingerprint density at radius 2 is 2.17 bits per heavy atom. The van der Waals surface area contributed by atoms with Crippen LogP contribution >= 0.6 is 0 Å². The van der Waals surface area contributed by atoms with Crippen molar-refractivity contribution in [1.29, 1.82) is 0 Å². The first kappa shape index (κ1) is 9.03. The predicted octanol–water partition coefficient (Wildman–Crippen LogP) is 1.11. The van der Waals surface area contributed by atoms with Gasteiger partial charge in [0.05, 0.1) is 6.04 Å². The quantitative estimate of drug-likeness (QED) is 0.593. The highest BCUT2D eigenvalue weighted by Gasteiger charge is 2.33. The Labute approximate surface area is 71.2 Å². The fourth-order valence-electron chi connectivity index (χ4n) is 1.59. The van der Waals surface area contributed by atoms with E-state index in [0.717, 1.165) is 0 Å². The number of rotatable bonds is 0. The number of ketones is 1. The van der Waals surface area contributed by atoms with Crippen molar-refractivity contribution in [3.63, 3.8) is 0 Å². The zero-order valence-electron chi connectivity index (χ0n) is 7.28. The lowest BCUT2D eigenvalue weighted by molar-refractivity contribution is -0.126. The normalized spacial score (nSPS) is 30.5. The molecular formula is C8H13NO3. The van der Waals surface area contributed by atoms with E-state index in [2.05, 4.69) is 0 Å². The Balaban J connectivity index is 2.78. The summed E-state index contributed by atoms with van der Waals surface area (Å²) in [5, 5.41) is 8.77. The minimum absolute atomic E-state index is 0.0236. The number of likely N-dealkylation sites (tertiary alicyclic amines) is 1. The monoisotopic (exact) mass is 171 g/mol. The van der Waals surface area contributed by atoms with E-state index in [1.54, 1.807) is 6.92 Å². The smallest absolute Gasteiger partial charge is 0.408 e. The lowest BCUT2D eigenvalue weighted by atomic mass is 9.97.